The van der Waals surface area contributed by atoms with Crippen LogP contribution in [-0.2, 0) is 6.54 Å². The van der Waals surface area contributed by atoms with Crippen LogP contribution in [0, 0.1) is 10.1 Å². The molecule has 158 valence electrons. The number of allylic oxidation sites excluding steroid dienone is 1. The average molecular weight is 472 g/mol. The van der Waals surface area contributed by atoms with Crippen molar-refractivity contribution in [2.75, 3.05) is 24.5 Å². The maximum Gasteiger partial charge on any atom is 0.269 e. The van der Waals surface area contributed by atoms with Gasteiger partial charge >= 0.3 is 0 Å². The summed E-state index contributed by atoms with van der Waals surface area (Å²) >= 11 is 0. The second-order valence-corrected chi connectivity index (χ2v) is 6.69. The molecule has 0 N–H and O–H groups in total. The van der Waals surface area contributed by atoms with Gasteiger partial charge in [-0.25, -0.2) is 0 Å². The van der Waals surface area contributed by atoms with Crippen molar-refractivity contribution in [1.29, 1.82) is 0 Å². The minimum Gasteiger partial charge on any atom is -0.372 e. The first kappa shape index (κ1) is 23.3. The highest BCUT2D eigenvalue weighted by Gasteiger charge is 2.08. The number of benzene rings is 2. The summed E-state index contributed by atoms with van der Waals surface area (Å²) in [6.45, 7) is 7.63. The Morgan fingerprint density at radius 2 is 1.70 bits per heavy atom. The molecule has 1 aliphatic rings. The third-order valence-corrected chi connectivity index (χ3v) is 4.78. The summed E-state index contributed by atoms with van der Waals surface area (Å²) in [5.41, 5.74) is 3.96. The number of nitro benzene ring substituents is 1. The van der Waals surface area contributed by atoms with E-state index in [0.29, 0.717) is 13.1 Å². The first-order valence-electron chi connectivity index (χ1n) is 9.71. The van der Waals surface area contributed by atoms with E-state index in [1.807, 2.05) is 30.5 Å². The molecule has 0 spiro atoms. The molecule has 2 aromatic carbocycles. The van der Waals surface area contributed by atoms with Crippen LogP contribution in [0.5, 0.6) is 0 Å². The molecule has 2 aromatic rings. The Kier molecular flexibility index (Phi) is 8.73. The van der Waals surface area contributed by atoms with Crippen LogP contribution in [0.3, 0.4) is 0 Å². The first-order valence-corrected chi connectivity index (χ1v) is 9.71. The molecule has 30 heavy (non-hydrogen) atoms. The van der Waals surface area contributed by atoms with Crippen molar-refractivity contribution >= 4 is 34.0 Å². The van der Waals surface area contributed by atoms with Gasteiger partial charge in [-0.2, -0.15) is 10.2 Å². The van der Waals surface area contributed by atoms with Crippen molar-refractivity contribution in [1.82, 2.24) is 4.90 Å². The van der Waals surface area contributed by atoms with E-state index in [4.69, 9.17) is 0 Å². The summed E-state index contributed by atoms with van der Waals surface area (Å²) < 4.78 is 0. The topological polar surface area (TPSA) is 74.3 Å². The van der Waals surface area contributed by atoms with Crippen LogP contribution in [0.25, 0.3) is 0 Å². The summed E-state index contributed by atoms with van der Waals surface area (Å²) in [6, 6.07) is 14.7. The Labute approximate surface area is 187 Å². The molecule has 0 saturated heterocycles. The zero-order chi connectivity index (χ0) is 20.6. The highest BCUT2D eigenvalue weighted by Crippen LogP contribution is 2.21. The Morgan fingerprint density at radius 1 is 1.03 bits per heavy atom. The van der Waals surface area contributed by atoms with E-state index in [1.54, 1.807) is 12.1 Å². The third kappa shape index (κ3) is 6.25. The largest absolute Gasteiger partial charge is 0.372 e. The maximum absolute atomic E-state index is 10.7. The molecule has 1 aliphatic heterocycles. The molecule has 0 fully saturated rings. The van der Waals surface area contributed by atoms with Gasteiger partial charge in [-0.3, -0.25) is 10.1 Å². The van der Waals surface area contributed by atoms with Gasteiger partial charge in [0, 0.05) is 50.2 Å². The average Bonchev–Trinajstić information content (AvgIpc) is 2.75. The predicted octanol–water partition coefficient (Wildman–Crippen LogP) is 6.02. The predicted molar refractivity (Wildman–Crippen MR) is 126 cm³/mol. The normalized spacial score (nSPS) is 13.1. The summed E-state index contributed by atoms with van der Waals surface area (Å²) in [5.74, 6) is 0. The van der Waals surface area contributed by atoms with Crippen molar-refractivity contribution in [3.05, 3.63) is 88.3 Å². The fourth-order valence-corrected chi connectivity index (χ4v) is 3.10. The second-order valence-electron chi connectivity index (χ2n) is 6.69. The molecular formula is C22H26BrN5O2. The molecule has 0 saturated carbocycles. The van der Waals surface area contributed by atoms with Gasteiger partial charge in [-0.1, -0.05) is 12.1 Å². The zero-order valence-corrected chi connectivity index (χ0v) is 18.9. The molecule has 0 atom stereocenters. The summed E-state index contributed by atoms with van der Waals surface area (Å²) in [6.07, 6.45) is 5.90. The van der Waals surface area contributed by atoms with E-state index in [9.17, 15) is 10.1 Å². The van der Waals surface area contributed by atoms with E-state index in [-0.39, 0.29) is 27.6 Å². The fourth-order valence-electron chi connectivity index (χ4n) is 3.10. The smallest absolute Gasteiger partial charge is 0.269 e. The van der Waals surface area contributed by atoms with Crippen LogP contribution in [0.1, 0.15) is 19.4 Å². The van der Waals surface area contributed by atoms with Gasteiger partial charge in [0.1, 0.15) is 0 Å². The number of hydrogen-bond donors (Lipinski definition) is 0. The Morgan fingerprint density at radius 3 is 2.23 bits per heavy atom. The van der Waals surface area contributed by atoms with Crippen LogP contribution in [0.4, 0.5) is 17.1 Å². The van der Waals surface area contributed by atoms with E-state index in [2.05, 4.69) is 46.0 Å². The van der Waals surface area contributed by atoms with Crippen LogP contribution >= 0.6 is 17.0 Å². The standard InChI is InChI=1S/C22H25N5O2.BrH/c1-3-26(4-2)21-11-7-19(8-12-21)23-24-20-13-15-25(16-14-20)17-18-5-9-22(10-6-18)27(28)29;/h5-15H,3-4,16-17H2,1-2H3;1H. The minimum absolute atomic E-state index is 0. The van der Waals surface area contributed by atoms with Crippen molar-refractivity contribution in [2.45, 2.75) is 20.4 Å². The number of anilines is 1. The number of nitrogens with zero attached hydrogens (tertiary/aromatic N) is 5. The van der Waals surface area contributed by atoms with Gasteiger partial charge in [0.25, 0.3) is 5.69 Å². The molecule has 0 radical (unpaired) electrons. The number of nitro groups is 1. The number of hydrogen-bond acceptors (Lipinski definition) is 6. The van der Waals surface area contributed by atoms with Crippen LogP contribution in [0.2, 0.25) is 0 Å². The minimum atomic E-state index is -0.387. The molecule has 1 heterocycles. The lowest BCUT2D eigenvalue weighted by atomic mass is 10.2. The number of halogens is 1. The summed E-state index contributed by atoms with van der Waals surface area (Å²) in [4.78, 5) is 14.7. The molecule has 8 heteroatoms. The van der Waals surface area contributed by atoms with Gasteiger partial charge in [0.15, 0.2) is 0 Å². The monoisotopic (exact) mass is 471 g/mol. The van der Waals surface area contributed by atoms with E-state index < -0.39 is 0 Å². The fraction of sp³-hybridized carbons (Fsp3) is 0.273. The first-order chi connectivity index (χ1) is 14.1. The molecule has 7 nitrogen and oxygen atoms in total. The van der Waals surface area contributed by atoms with E-state index in [1.165, 1.54) is 17.8 Å². The zero-order valence-electron chi connectivity index (χ0n) is 17.1. The van der Waals surface area contributed by atoms with Gasteiger partial charge in [-0.05, 0) is 55.8 Å². The maximum atomic E-state index is 10.7. The lowest BCUT2D eigenvalue weighted by Crippen LogP contribution is -2.21. The number of rotatable bonds is 8. The Hall–Kier alpha value is -3.00. The van der Waals surface area contributed by atoms with Crippen molar-refractivity contribution < 1.29 is 4.92 Å². The van der Waals surface area contributed by atoms with E-state index >= 15 is 0 Å². The second kappa shape index (κ2) is 11.3. The quantitative estimate of drug-likeness (QED) is 0.268. The Bertz CT molecular complexity index is 920. The highest BCUT2D eigenvalue weighted by atomic mass is 79.9. The highest BCUT2D eigenvalue weighted by molar-refractivity contribution is 8.93. The van der Waals surface area contributed by atoms with Crippen molar-refractivity contribution in [3.8, 4) is 0 Å². The van der Waals surface area contributed by atoms with Crippen molar-refractivity contribution in [2.24, 2.45) is 10.2 Å². The van der Waals surface area contributed by atoms with Gasteiger partial charge < -0.3 is 9.80 Å². The summed E-state index contributed by atoms with van der Waals surface area (Å²) in [5, 5.41) is 19.4. The number of non-ortho nitro benzene ring substituents is 1. The molecule has 0 aromatic heterocycles. The SMILES string of the molecule is Br.CCN(CC)c1ccc(N=NC2=CCN(Cc3ccc([N+](=O)[O-])cc3)C=C2)cc1. The molecule has 0 aliphatic carbocycles. The molecule has 3 rings (SSSR count). The number of azo groups is 1. The molecular weight excluding hydrogens is 446 g/mol. The van der Waals surface area contributed by atoms with Crippen molar-refractivity contribution in [3.63, 3.8) is 0 Å². The van der Waals surface area contributed by atoms with Crippen LogP contribution in [0.15, 0.2) is 82.8 Å². The summed E-state index contributed by atoms with van der Waals surface area (Å²) in [7, 11) is 0. The Balaban J connectivity index is 0.00000320. The molecule has 0 unspecified atom stereocenters. The third-order valence-electron chi connectivity index (χ3n) is 4.78. The van der Waals surface area contributed by atoms with Crippen LogP contribution < -0.4 is 4.90 Å². The lowest BCUT2D eigenvalue weighted by Gasteiger charge is -2.21. The van der Waals surface area contributed by atoms with Gasteiger partial charge in [0.2, 0.25) is 0 Å². The van der Waals surface area contributed by atoms with Crippen LogP contribution in [-0.4, -0.2) is 29.5 Å². The lowest BCUT2D eigenvalue weighted by molar-refractivity contribution is -0.384. The molecule has 0 bridgehead atoms. The van der Waals surface area contributed by atoms with Gasteiger partial charge in [0.05, 0.1) is 16.3 Å². The van der Waals surface area contributed by atoms with Gasteiger partial charge in [-0.15, -0.1) is 17.0 Å². The molecule has 0 amide bonds. The van der Waals surface area contributed by atoms with E-state index in [0.717, 1.165) is 30.0 Å².